The SMILES string of the molecule is CCCC[SiH]1CC1. The molecule has 1 aliphatic rings. The lowest BCUT2D eigenvalue weighted by atomic mass is 10.4. The Morgan fingerprint density at radius 2 is 2.14 bits per heavy atom. The van der Waals surface area contributed by atoms with Crippen LogP contribution in [0.4, 0.5) is 0 Å². The van der Waals surface area contributed by atoms with Crippen LogP contribution in [0.3, 0.4) is 0 Å². The molecule has 0 bridgehead atoms. The lowest BCUT2D eigenvalue weighted by molar-refractivity contribution is 0.879. The topological polar surface area (TPSA) is 0 Å². The van der Waals surface area contributed by atoms with Crippen molar-refractivity contribution in [1.29, 1.82) is 0 Å². The van der Waals surface area contributed by atoms with Gasteiger partial charge in [-0.3, -0.25) is 0 Å². The molecule has 0 aromatic carbocycles. The molecule has 0 saturated carbocycles. The maximum atomic E-state index is 2.29. The third-order valence-electron chi connectivity index (χ3n) is 1.66. The average molecular weight is 114 g/mol. The van der Waals surface area contributed by atoms with Crippen LogP contribution in [-0.2, 0) is 0 Å². The fourth-order valence-electron chi connectivity index (χ4n) is 0.899. The number of unbranched alkanes of at least 4 members (excludes halogenated alkanes) is 1. The smallest absolute Gasteiger partial charge is 0.0362 e. The molecule has 0 unspecified atom stereocenters. The molecule has 1 heteroatoms. The first kappa shape index (κ1) is 5.36. The minimum absolute atomic E-state index is 0.0618. The standard InChI is InChI=1S/C6H14Si/c1-2-3-4-7-5-6-7/h7H,2-6H2,1H3. The van der Waals surface area contributed by atoms with E-state index in [0.717, 1.165) is 0 Å². The van der Waals surface area contributed by atoms with Crippen molar-refractivity contribution in [2.75, 3.05) is 0 Å². The van der Waals surface area contributed by atoms with Crippen molar-refractivity contribution < 1.29 is 0 Å². The summed E-state index contributed by atoms with van der Waals surface area (Å²) in [7, 11) is 0.0618. The van der Waals surface area contributed by atoms with Crippen molar-refractivity contribution in [2.45, 2.75) is 37.9 Å². The molecule has 0 aromatic heterocycles. The van der Waals surface area contributed by atoms with Crippen LogP contribution in [0.15, 0.2) is 0 Å². The van der Waals surface area contributed by atoms with E-state index in [4.69, 9.17) is 0 Å². The maximum absolute atomic E-state index is 2.29. The molecular weight excluding hydrogens is 100 g/mol. The summed E-state index contributed by atoms with van der Waals surface area (Å²) in [6.07, 6.45) is 2.94. The molecule has 0 spiro atoms. The molecule has 1 rings (SSSR count). The summed E-state index contributed by atoms with van der Waals surface area (Å²) in [5.41, 5.74) is 0. The molecule has 0 N–H and O–H groups in total. The molecule has 1 fully saturated rings. The van der Waals surface area contributed by atoms with E-state index in [-0.39, 0.29) is 8.80 Å². The summed E-state index contributed by atoms with van der Waals surface area (Å²) in [5, 5.41) is 0. The van der Waals surface area contributed by atoms with Crippen molar-refractivity contribution in [3.8, 4) is 0 Å². The second-order valence-corrected chi connectivity index (χ2v) is 6.05. The molecule has 0 aliphatic carbocycles. The summed E-state index contributed by atoms with van der Waals surface area (Å²) in [6, 6.07) is 4.98. The van der Waals surface area contributed by atoms with Gasteiger partial charge < -0.3 is 0 Å². The van der Waals surface area contributed by atoms with E-state index in [1.165, 1.54) is 12.8 Å². The van der Waals surface area contributed by atoms with Gasteiger partial charge >= 0.3 is 0 Å². The quantitative estimate of drug-likeness (QED) is 0.492. The molecule has 0 atom stereocenters. The number of hydrogen-bond donors (Lipinski definition) is 0. The first-order valence-electron chi connectivity index (χ1n) is 3.43. The highest BCUT2D eigenvalue weighted by Crippen LogP contribution is 2.26. The Hall–Kier alpha value is 0.217. The average Bonchev–Trinajstić information content (AvgIpc) is 2.42. The van der Waals surface area contributed by atoms with Crippen LogP contribution in [0.25, 0.3) is 0 Å². The van der Waals surface area contributed by atoms with Crippen LogP contribution in [-0.4, -0.2) is 8.80 Å². The van der Waals surface area contributed by atoms with E-state index in [2.05, 4.69) is 6.92 Å². The van der Waals surface area contributed by atoms with Gasteiger partial charge in [-0.25, -0.2) is 0 Å². The van der Waals surface area contributed by atoms with Crippen LogP contribution in [0.2, 0.25) is 18.1 Å². The number of hydrogen-bond acceptors (Lipinski definition) is 0. The Morgan fingerprint density at radius 1 is 1.43 bits per heavy atom. The maximum Gasteiger partial charge on any atom is 0.0362 e. The Kier molecular flexibility index (Phi) is 1.92. The van der Waals surface area contributed by atoms with Gasteiger partial charge in [0.15, 0.2) is 0 Å². The summed E-state index contributed by atoms with van der Waals surface area (Å²) in [5.74, 6) is 0. The third kappa shape index (κ3) is 2.12. The predicted octanol–water partition coefficient (Wildman–Crippen LogP) is 2.03. The largest absolute Gasteiger partial charge is 0.0654 e. The van der Waals surface area contributed by atoms with Crippen molar-refractivity contribution in [3.63, 3.8) is 0 Å². The second kappa shape index (κ2) is 2.51. The lowest BCUT2D eigenvalue weighted by Gasteiger charge is -1.87. The third-order valence-corrected chi connectivity index (χ3v) is 4.28. The summed E-state index contributed by atoms with van der Waals surface area (Å²) in [4.78, 5) is 0. The zero-order valence-corrected chi connectivity index (χ0v) is 6.27. The van der Waals surface area contributed by atoms with Gasteiger partial charge in [-0.1, -0.05) is 37.9 Å². The highest BCUT2D eigenvalue weighted by atomic mass is 28.3. The molecule has 42 valence electrons. The molecule has 1 aliphatic heterocycles. The zero-order valence-electron chi connectivity index (χ0n) is 5.11. The van der Waals surface area contributed by atoms with E-state index in [0.29, 0.717) is 0 Å². The van der Waals surface area contributed by atoms with E-state index in [1.807, 2.05) is 0 Å². The van der Waals surface area contributed by atoms with Crippen LogP contribution < -0.4 is 0 Å². The van der Waals surface area contributed by atoms with Crippen LogP contribution in [0.1, 0.15) is 19.8 Å². The van der Waals surface area contributed by atoms with Gasteiger partial charge in [-0.05, 0) is 0 Å². The highest BCUT2D eigenvalue weighted by molar-refractivity contribution is 6.69. The van der Waals surface area contributed by atoms with Crippen molar-refractivity contribution in [1.82, 2.24) is 0 Å². The zero-order chi connectivity index (χ0) is 5.11. The predicted molar refractivity (Wildman–Crippen MR) is 36.5 cm³/mol. The molecule has 0 nitrogen and oxygen atoms in total. The molecule has 1 heterocycles. The number of rotatable bonds is 3. The van der Waals surface area contributed by atoms with E-state index >= 15 is 0 Å². The van der Waals surface area contributed by atoms with Crippen LogP contribution >= 0.6 is 0 Å². The van der Waals surface area contributed by atoms with Crippen LogP contribution in [0.5, 0.6) is 0 Å². The molecule has 1 saturated heterocycles. The lowest BCUT2D eigenvalue weighted by Crippen LogP contribution is -1.83. The van der Waals surface area contributed by atoms with Gasteiger partial charge in [0, 0.05) is 8.80 Å². The first-order valence-corrected chi connectivity index (χ1v) is 5.88. The Balaban J connectivity index is 1.80. The van der Waals surface area contributed by atoms with Gasteiger partial charge in [0.2, 0.25) is 0 Å². The molecule has 7 heavy (non-hydrogen) atoms. The normalized spacial score (nSPS) is 20.1. The fraction of sp³-hybridized carbons (Fsp3) is 1.00. The van der Waals surface area contributed by atoms with Gasteiger partial charge in [0.1, 0.15) is 0 Å². The van der Waals surface area contributed by atoms with Gasteiger partial charge in [0.05, 0.1) is 0 Å². The molecule has 0 aromatic rings. The summed E-state index contributed by atoms with van der Waals surface area (Å²) < 4.78 is 0. The van der Waals surface area contributed by atoms with Gasteiger partial charge in [-0.2, -0.15) is 0 Å². The summed E-state index contributed by atoms with van der Waals surface area (Å²) in [6.45, 7) is 2.29. The van der Waals surface area contributed by atoms with Crippen molar-refractivity contribution in [3.05, 3.63) is 0 Å². The fourth-order valence-corrected chi connectivity index (χ4v) is 3.41. The van der Waals surface area contributed by atoms with Crippen LogP contribution in [0, 0.1) is 0 Å². The van der Waals surface area contributed by atoms with Gasteiger partial charge in [-0.15, -0.1) is 0 Å². The van der Waals surface area contributed by atoms with E-state index in [9.17, 15) is 0 Å². The first-order chi connectivity index (χ1) is 3.43. The van der Waals surface area contributed by atoms with E-state index < -0.39 is 0 Å². The molecule has 0 radical (unpaired) electrons. The minimum Gasteiger partial charge on any atom is -0.0654 e. The monoisotopic (exact) mass is 114 g/mol. The summed E-state index contributed by atoms with van der Waals surface area (Å²) >= 11 is 0. The molecule has 0 amide bonds. The highest BCUT2D eigenvalue weighted by Gasteiger charge is 2.21. The Labute approximate surface area is 47.5 Å². The Morgan fingerprint density at radius 3 is 2.57 bits per heavy atom. The van der Waals surface area contributed by atoms with E-state index in [1.54, 1.807) is 18.1 Å². The minimum atomic E-state index is 0.0618. The Bertz CT molecular complexity index is 48.1. The second-order valence-electron chi connectivity index (χ2n) is 2.59. The van der Waals surface area contributed by atoms with Gasteiger partial charge in [0.25, 0.3) is 0 Å². The molecular formula is C6H14Si. The van der Waals surface area contributed by atoms with Crippen molar-refractivity contribution >= 4 is 8.80 Å². The van der Waals surface area contributed by atoms with Crippen molar-refractivity contribution in [2.24, 2.45) is 0 Å².